The minimum atomic E-state index is -4.42. The lowest BCUT2D eigenvalue weighted by atomic mass is 10.1. The van der Waals surface area contributed by atoms with E-state index in [0.717, 1.165) is 27.8 Å². The molecule has 0 aliphatic rings. The second kappa shape index (κ2) is 8.83. The predicted octanol–water partition coefficient (Wildman–Crippen LogP) is 2.67. The van der Waals surface area contributed by atoms with Crippen LogP contribution in [0.2, 0.25) is 0 Å². The van der Waals surface area contributed by atoms with Gasteiger partial charge in [-0.25, -0.2) is 14.6 Å². The van der Waals surface area contributed by atoms with Crippen LogP contribution in [0.4, 0.5) is 13.2 Å². The molecular weight excluding hydrogens is 391 g/mol. The third kappa shape index (κ3) is 5.52. The maximum Gasteiger partial charge on any atom is 0.434 e. The Kier molecular flexibility index (Phi) is 6.24. The summed E-state index contributed by atoms with van der Waals surface area (Å²) >= 11 is 0.957. The number of rotatable bonds is 6. The van der Waals surface area contributed by atoms with E-state index in [4.69, 9.17) is 0 Å². The molecule has 1 aromatic carbocycles. The van der Waals surface area contributed by atoms with Gasteiger partial charge in [-0.2, -0.15) is 18.3 Å². The second-order valence-corrected chi connectivity index (χ2v) is 6.76. The monoisotopic (exact) mass is 409 g/mol. The summed E-state index contributed by atoms with van der Waals surface area (Å²) in [6.45, 7) is 1.29. The summed E-state index contributed by atoms with van der Waals surface area (Å²) < 4.78 is 39.5. The van der Waals surface area contributed by atoms with Crippen molar-refractivity contribution in [2.24, 2.45) is 4.99 Å². The van der Waals surface area contributed by atoms with Gasteiger partial charge >= 0.3 is 6.18 Å². The van der Waals surface area contributed by atoms with Crippen molar-refractivity contribution in [1.29, 1.82) is 0 Å². The van der Waals surface area contributed by atoms with Crippen molar-refractivity contribution in [3.8, 4) is 0 Å². The van der Waals surface area contributed by atoms with E-state index < -0.39 is 11.9 Å². The molecule has 0 atom stereocenters. The number of nitrogens with zero attached hydrogens (tertiary/aromatic N) is 5. The standard InChI is InChI=1S/C17H18F3N7S/c1-21-16(24-7-15-26-14(9-28-15)17(18,19)20)23-6-12-3-2-4-13(5-12)8-27-11-22-10-25-27/h2-5,9-11H,6-8H2,1H3,(H2,21,23,24). The van der Waals surface area contributed by atoms with Crippen LogP contribution in [0.5, 0.6) is 0 Å². The molecule has 0 amide bonds. The van der Waals surface area contributed by atoms with Crippen molar-refractivity contribution in [3.05, 3.63) is 64.1 Å². The molecule has 0 unspecified atom stereocenters. The number of thiazole rings is 1. The highest BCUT2D eigenvalue weighted by molar-refractivity contribution is 7.09. The Labute approximate surface area is 163 Å². The summed E-state index contributed by atoms with van der Waals surface area (Å²) in [5, 5.41) is 11.5. The lowest BCUT2D eigenvalue weighted by molar-refractivity contribution is -0.140. The highest BCUT2D eigenvalue weighted by atomic mass is 32.1. The number of aliphatic imine (C=N–C) groups is 1. The fourth-order valence-corrected chi connectivity index (χ4v) is 3.17. The van der Waals surface area contributed by atoms with Crippen molar-refractivity contribution >= 4 is 17.3 Å². The van der Waals surface area contributed by atoms with Crippen molar-refractivity contribution in [2.75, 3.05) is 7.05 Å². The van der Waals surface area contributed by atoms with Crippen LogP contribution in [0.15, 0.2) is 47.3 Å². The van der Waals surface area contributed by atoms with Gasteiger partial charge in [-0.1, -0.05) is 24.3 Å². The molecule has 148 valence electrons. The fraction of sp³-hybridized carbons (Fsp3) is 0.294. The van der Waals surface area contributed by atoms with E-state index in [9.17, 15) is 13.2 Å². The molecule has 7 nitrogen and oxygen atoms in total. The van der Waals surface area contributed by atoms with Gasteiger partial charge in [-0.15, -0.1) is 11.3 Å². The normalized spacial score (nSPS) is 12.2. The number of guanidine groups is 1. The van der Waals surface area contributed by atoms with E-state index >= 15 is 0 Å². The van der Waals surface area contributed by atoms with Gasteiger partial charge in [0, 0.05) is 19.0 Å². The van der Waals surface area contributed by atoms with Crippen LogP contribution in [0, 0.1) is 0 Å². The summed E-state index contributed by atoms with van der Waals surface area (Å²) in [6, 6.07) is 7.96. The third-order valence-electron chi connectivity index (χ3n) is 3.74. The summed E-state index contributed by atoms with van der Waals surface area (Å²) in [4.78, 5) is 11.6. The minimum absolute atomic E-state index is 0.159. The van der Waals surface area contributed by atoms with Crippen LogP contribution >= 0.6 is 11.3 Å². The molecule has 28 heavy (non-hydrogen) atoms. The van der Waals surface area contributed by atoms with Crippen molar-refractivity contribution in [1.82, 2.24) is 30.4 Å². The maximum absolute atomic E-state index is 12.6. The first-order valence-electron chi connectivity index (χ1n) is 8.30. The third-order valence-corrected chi connectivity index (χ3v) is 4.58. The molecule has 0 aliphatic heterocycles. The highest BCUT2D eigenvalue weighted by Crippen LogP contribution is 2.29. The number of benzene rings is 1. The van der Waals surface area contributed by atoms with E-state index in [1.54, 1.807) is 18.1 Å². The van der Waals surface area contributed by atoms with Crippen molar-refractivity contribution in [3.63, 3.8) is 0 Å². The first-order chi connectivity index (χ1) is 13.4. The Hall–Kier alpha value is -2.95. The second-order valence-electron chi connectivity index (χ2n) is 5.82. The van der Waals surface area contributed by atoms with Crippen LogP contribution < -0.4 is 10.6 Å². The number of hydrogen-bond donors (Lipinski definition) is 2. The molecule has 0 bridgehead atoms. The number of aromatic nitrogens is 4. The molecule has 0 spiro atoms. The molecule has 0 aliphatic carbocycles. The number of hydrogen-bond acceptors (Lipinski definition) is 5. The Bertz CT molecular complexity index is 919. The first-order valence-corrected chi connectivity index (χ1v) is 9.18. The predicted molar refractivity (Wildman–Crippen MR) is 99.7 cm³/mol. The number of nitrogens with one attached hydrogen (secondary N) is 2. The van der Waals surface area contributed by atoms with Crippen LogP contribution in [0.1, 0.15) is 21.8 Å². The molecule has 0 radical (unpaired) electrons. The van der Waals surface area contributed by atoms with Crippen LogP contribution in [-0.2, 0) is 25.8 Å². The Morgan fingerprint density at radius 2 is 2.00 bits per heavy atom. The van der Waals surface area contributed by atoms with Crippen molar-refractivity contribution in [2.45, 2.75) is 25.8 Å². The van der Waals surface area contributed by atoms with Crippen LogP contribution in [0.3, 0.4) is 0 Å². The Morgan fingerprint density at radius 3 is 2.68 bits per heavy atom. The highest BCUT2D eigenvalue weighted by Gasteiger charge is 2.33. The fourth-order valence-electron chi connectivity index (χ4n) is 2.43. The van der Waals surface area contributed by atoms with Crippen molar-refractivity contribution < 1.29 is 13.2 Å². The quantitative estimate of drug-likeness (QED) is 0.483. The van der Waals surface area contributed by atoms with Crippen LogP contribution in [0.25, 0.3) is 0 Å². The van der Waals surface area contributed by atoms with E-state index in [2.05, 4.69) is 30.7 Å². The Balaban J connectivity index is 1.52. The van der Waals surface area contributed by atoms with Gasteiger partial charge in [0.25, 0.3) is 0 Å². The lowest BCUT2D eigenvalue weighted by Gasteiger charge is -2.12. The van der Waals surface area contributed by atoms with E-state index in [1.807, 2.05) is 24.3 Å². The minimum Gasteiger partial charge on any atom is -0.352 e. The summed E-state index contributed by atoms with van der Waals surface area (Å²) in [7, 11) is 1.60. The lowest BCUT2D eigenvalue weighted by Crippen LogP contribution is -2.36. The van der Waals surface area contributed by atoms with Gasteiger partial charge in [-0.3, -0.25) is 4.99 Å². The molecule has 11 heteroatoms. The number of halogens is 3. The summed E-state index contributed by atoms with van der Waals surface area (Å²) in [6.07, 6.45) is -1.29. The van der Waals surface area contributed by atoms with Gasteiger partial charge in [0.05, 0.1) is 13.1 Å². The van der Waals surface area contributed by atoms with Gasteiger partial charge in [0.2, 0.25) is 0 Å². The molecule has 3 aromatic rings. The zero-order chi connectivity index (χ0) is 20.0. The molecule has 0 saturated heterocycles. The topological polar surface area (TPSA) is 80.0 Å². The zero-order valence-corrected chi connectivity index (χ0v) is 15.8. The van der Waals surface area contributed by atoms with E-state index in [-0.39, 0.29) is 6.54 Å². The zero-order valence-electron chi connectivity index (χ0n) is 14.9. The number of alkyl halides is 3. The van der Waals surface area contributed by atoms with Gasteiger partial charge in [-0.05, 0) is 11.1 Å². The average molecular weight is 409 g/mol. The van der Waals surface area contributed by atoms with E-state index in [0.29, 0.717) is 24.1 Å². The van der Waals surface area contributed by atoms with Gasteiger partial charge in [0.1, 0.15) is 17.7 Å². The van der Waals surface area contributed by atoms with Gasteiger partial charge < -0.3 is 10.6 Å². The van der Waals surface area contributed by atoms with Crippen LogP contribution in [-0.4, -0.2) is 32.8 Å². The molecule has 2 heterocycles. The molecule has 0 saturated carbocycles. The first kappa shape index (κ1) is 19.8. The largest absolute Gasteiger partial charge is 0.434 e. The van der Waals surface area contributed by atoms with Gasteiger partial charge in [0.15, 0.2) is 11.7 Å². The summed E-state index contributed by atoms with van der Waals surface area (Å²) in [5.74, 6) is 0.477. The maximum atomic E-state index is 12.6. The molecule has 2 N–H and O–H groups in total. The average Bonchev–Trinajstić information content (AvgIpc) is 3.34. The molecule has 3 rings (SSSR count). The van der Waals surface area contributed by atoms with E-state index in [1.165, 1.54) is 6.33 Å². The SMILES string of the molecule is CN=C(NCc1cccc(Cn2cncn2)c1)NCc1nc(C(F)(F)F)cs1. The summed E-state index contributed by atoms with van der Waals surface area (Å²) in [5.41, 5.74) is 1.24. The smallest absolute Gasteiger partial charge is 0.352 e. The molecule has 2 aromatic heterocycles. The molecular formula is C17H18F3N7S. The Morgan fingerprint density at radius 1 is 1.21 bits per heavy atom. The molecule has 0 fully saturated rings.